The summed E-state index contributed by atoms with van der Waals surface area (Å²) in [5.41, 5.74) is -0.192. The average molecular weight is 244 g/mol. The fraction of sp³-hybridized carbons (Fsp3) is 0.200. The second-order valence-corrected chi connectivity index (χ2v) is 3.22. The Morgan fingerprint density at radius 3 is 2.75 bits per heavy atom. The van der Waals surface area contributed by atoms with E-state index in [0.29, 0.717) is 0 Å². The van der Waals surface area contributed by atoms with Crippen LogP contribution in [0.5, 0.6) is 11.5 Å². The van der Waals surface area contributed by atoms with Crippen LogP contribution in [0.2, 0.25) is 5.02 Å². The van der Waals surface area contributed by atoms with Crippen LogP contribution < -0.4 is 9.47 Å². The second-order valence-electron chi connectivity index (χ2n) is 2.81. The van der Waals surface area contributed by atoms with Gasteiger partial charge in [0.05, 0.1) is 23.1 Å². The molecule has 1 aromatic carbocycles. The van der Waals surface area contributed by atoms with Crippen molar-refractivity contribution >= 4 is 17.3 Å². The van der Waals surface area contributed by atoms with E-state index >= 15 is 0 Å². The molecule has 0 radical (unpaired) electrons. The lowest BCUT2D eigenvalue weighted by molar-refractivity contribution is -0.385. The van der Waals surface area contributed by atoms with Crippen molar-refractivity contribution in [2.75, 3.05) is 13.7 Å². The zero-order valence-corrected chi connectivity index (χ0v) is 9.36. The zero-order chi connectivity index (χ0) is 12.1. The lowest BCUT2D eigenvalue weighted by Crippen LogP contribution is -1.99. The van der Waals surface area contributed by atoms with Crippen LogP contribution >= 0.6 is 11.6 Å². The molecule has 0 aliphatic carbocycles. The summed E-state index contributed by atoms with van der Waals surface area (Å²) in [6.45, 7) is 3.62. The molecule has 0 N–H and O–H groups in total. The Labute approximate surface area is 97.4 Å². The quantitative estimate of drug-likeness (QED) is 0.453. The van der Waals surface area contributed by atoms with Gasteiger partial charge in [-0.15, -0.1) is 0 Å². The molecule has 1 rings (SSSR count). The summed E-state index contributed by atoms with van der Waals surface area (Å²) in [5.74, 6) is 0.329. The molecule has 0 unspecified atom stereocenters. The van der Waals surface area contributed by atoms with Crippen LogP contribution in [-0.4, -0.2) is 18.6 Å². The minimum Gasteiger partial charge on any atom is -0.495 e. The van der Waals surface area contributed by atoms with E-state index in [1.165, 1.54) is 25.3 Å². The number of methoxy groups -OCH3 is 1. The highest BCUT2D eigenvalue weighted by Gasteiger charge is 2.19. The van der Waals surface area contributed by atoms with Crippen LogP contribution in [0.4, 0.5) is 5.69 Å². The number of halogens is 1. The van der Waals surface area contributed by atoms with E-state index in [9.17, 15) is 10.1 Å². The van der Waals surface area contributed by atoms with Crippen molar-refractivity contribution in [3.05, 3.63) is 39.9 Å². The van der Waals surface area contributed by atoms with Crippen LogP contribution in [0, 0.1) is 10.1 Å². The number of nitro groups is 1. The topological polar surface area (TPSA) is 61.6 Å². The van der Waals surface area contributed by atoms with Gasteiger partial charge in [0.15, 0.2) is 5.75 Å². The molecule has 1 aromatic rings. The van der Waals surface area contributed by atoms with Gasteiger partial charge >= 0.3 is 5.69 Å². The maximum atomic E-state index is 10.8. The van der Waals surface area contributed by atoms with E-state index in [1.807, 2.05) is 0 Å². The van der Waals surface area contributed by atoms with Gasteiger partial charge in [0, 0.05) is 6.07 Å². The van der Waals surface area contributed by atoms with E-state index in [1.54, 1.807) is 0 Å². The predicted molar refractivity (Wildman–Crippen MR) is 60.4 cm³/mol. The zero-order valence-electron chi connectivity index (χ0n) is 8.60. The molecule has 16 heavy (non-hydrogen) atoms. The van der Waals surface area contributed by atoms with Gasteiger partial charge in [-0.25, -0.2) is 0 Å². The van der Waals surface area contributed by atoms with Crippen LogP contribution in [-0.2, 0) is 0 Å². The SMILES string of the molecule is C=CCOc1cc(Cl)c(OC)cc1[N+](=O)[O-]. The summed E-state index contributed by atoms with van der Waals surface area (Å²) in [5, 5.41) is 11.0. The third kappa shape index (κ3) is 2.64. The summed E-state index contributed by atoms with van der Waals surface area (Å²) >= 11 is 5.83. The average Bonchev–Trinajstić information content (AvgIpc) is 2.25. The minimum absolute atomic E-state index is 0.0932. The molecule has 86 valence electrons. The first-order chi connectivity index (χ1) is 7.60. The summed E-state index contributed by atoms with van der Waals surface area (Å²) < 4.78 is 10.0. The van der Waals surface area contributed by atoms with Gasteiger partial charge in [-0.1, -0.05) is 24.3 Å². The molecule has 0 spiro atoms. The van der Waals surface area contributed by atoms with Gasteiger partial charge in [0.2, 0.25) is 0 Å². The van der Waals surface area contributed by atoms with Crippen molar-refractivity contribution in [2.24, 2.45) is 0 Å². The second kappa shape index (κ2) is 5.37. The molecule has 0 fully saturated rings. The van der Waals surface area contributed by atoms with Crippen molar-refractivity contribution in [1.29, 1.82) is 0 Å². The highest BCUT2D eigenvalue weighted by atomic mass is 35.5. The van der Waals surface area contributed by atoms with Crippen molar-refractivity contribution in [1.82, 2.24) is 0 Å². The molecule has 0 aromatic heterocycles. The summed E-state index contributed by atoms with van der Waals surface area (Å²) in [6.07, 6.45) is 1.49. The molecule has 0 amide bonds. The molecule has 5 nitrogen and oxygen atoms in total. The van der Waals surface area contributed by atoms with Gasteiger partial charge in [-0.2, -0.15) is 0 Å². The number of hydrogen-bond donors (Lipinski definition) is 0. The van der Waals surface area contributed by atoms with Crippen molar-refractivity contribution in [3.8, 4) is 11.5 Å². The number of nitro benzene ring substituents is 1. The normalized spacial score (nSPS) is 9.62. The van der Waals surface area contributed by atoms with Gasteiger partial charge in [0.25, 0.3) is 0 Å². The Bertz CT molecular complexity index is 420. The predicted octanol–water partition coefficient (Wildman–Crippen LogP) is 2.82. The fourth-order valence-electron chi connectivity index (χ4n) is 1.09. The smallest absolute Gasteiger partial charge is 0.314 e. The molecule has 0 atom stereocenters. The van der Waals surface area contributed by atoms with E-state index in [4.69, 9.17) is 21.1 Å². The number of ether oxygens (including phenoxy) is 2. The van der Waals surface area contributed by atoms with Gasteiger partial charge < -0.3 is 9.47 Å². The molecule has 0 aliphatic rings. The molecule has 0 aliphatic heterocycles. The molecule has 6 heteroatoms. The summed E-state index contributed by atoms with van der Waals surface area (Å²) in [4.78, 5) is 10.2. The van der Waals surface area contributed by atoms with Crippen LogP contribution in [0.3, 0.4) is 0 Å². The number of nitrogens with zero attached hydrogens (tertiary/aromatic N) is 1. The number of hydrogen-bond acceptors (Lipinski definition) is 4. The summed E-state index contributed by atoms with van der Waals surface area (Å²) in [6, 6.07) is 2.57. The Morgan fingerprint density at radius 2 is 2.25 bits per heavy atom. The Balaban J connectivity index is 3.18. The first-order valence-electron chi connectivity index (χ1n) is 4.35. The molecular weight excluding hydrogens is 234 g/mol. The lowest BCUT2D eigenvalue weighted by Gasteiger charge is -2.07. The van der Waals surface area contributed by atoms with E-state index in [0.717, 1.165) is 0 Å². The fourth-order valence-corrected chi connectivity index (χ4v) is 1.32. The standard InChI is InChI=1S/C10H10ClNO4/c1-3-4-16-10-5-7(11)9(15-2)6-8(10)12(13)14/h3,5-6H,1,4H2,2H3. The Morgan fingerprint density at radius 1 is 1.56 bits per heavy atom. The van der Waals surface area contributed by atoms with Gasteiger partial charge in [0.1, 0.15) is 12.4 Å². The van der Waals surface area contributed by atoms with Crippen molar-refractivity contribution in [3.63, 3.8) is 0 Å². The van der Waals surface area contributed by atoms with E-state index in [-0.39, 0.29) is 28.8 Å². The highest BCUT2D eigenvalue weighted by Crippen LogP contribution is 2.37. The maximum Gasteiger partial charge on any atom is 0.314 e. The Kier molecular flexibility index (Phi) is 4.13. The third-order valence-corrected chi connectivity index (χ3v) is 2.08. The first-order valence-corrected chi connectivity index (χ1v) is 4.73. The van der Waals surface area contributed by atoms with Gasteiger partial charge in [-0.3, -0.25) is 10.1 Å². The van der Waals surface area contributed by atoms with Crippen molar-refractivity contribution in [2.45, 2.75) is 0 Å². The maximum absolute atomic E-state index is 10.8. The number of rotatable bonds is 5. The molecule has 0 saturated heterocycles. The van der Waals surface area contributed by atoms with Crippen LogP contribution in [0.1, 0.15) is 0 Å². The Hall–Kier alpha value is -1.75. The van der Waals surface area contributed by atoms with Crippen molar-refractivity contribution < 1.29 is 14.4 Å². The molecular formula is C10H10ClNO4. The third-order valence-electron chi connectivity index (χ3n) is 1.79. The van der Waals surface area contributed by atoms with Crippen LogP contribution in [0.15, 0.2) is 24.8 Å². The van der Waals surface area contributed by atoms with E-state index < -0.39 is 4.92 Å². The molecule has 0 heterocycles. The lowest BCUT2D eigenvalue weighted by atomic mass is 10.3. The first kappa shape index (κ1) is 12.3. The van der Waals surface area contributed by atoms with E-state index in [2.05, 4.69) is 6.58 Å². The van der Waals surface area contributed by atoms with Gasteiger partial charge in [-0.05, 0) is 0 Å². The highest BCUT2D eigenvalue weighted by molar-refractivity contribution is 6.32. The largest absolute Gasteiger partial charge is 0.495 e. The monoisotopic (exact) mass is 243 g/mol. The summed E-state index contributed by atoms with van der Waals surface area (Å²) in [7, 11) is 1.38. The molecule has 0 saturated carbocycles. The molecule has 0 bridgehead atoms. The number of benzene rings is 1. The van der Waals surface area contributed by atoms with Crippen LogP contribution in [0.25, 0.3) is 0 Å². The minimum atomic E-state index is -0.558.